The van der Waals surface area contributed by atoms with Crippen LogP contribution >= 0.6 is 0 Å². The first-order valence-corrected chi connectivity index (χ1v) is 10.7. The third-order valence-corrected chi connectivity index (χ3v) is 6.15. The van der Waals surface area contributed by atoms with E-state index in [1.54, 1.807) is 24.3 Å². The highest BCUT2D eigenvalue weighted by atomic mass is 16.3. The SMILES string of the molecule is CC1(C)CC(C)(C)c2cc(C=Cc3ccc(C(=O)Nc4ccc(O)cc4)cc3)ccc21. The van der Waals surface area contributed by atoms with Gasteiger partial charge in [-0.25, -0.2) is 0 Å². The molecule has 0 aromatic heterocycles. The molecule has 4 rings (SSSR count). The number of amides is 1. The quantitative estimate of drug-likeness (QED) is 0.367. The van der Waals surface area contributed by atoms with Crippen molar-refractivity contribution < 1.29 is 9.90 Å². The van der Waals surface area contributed by atoms with E-state index in [2.05, 4.69) is 63.4 Å². The molecule has 31 heavy (non-hydrogen) atoms. The van der Waals surface area contributed by atoms with Gasteiger partial charge in [0, 0.05) is 11.3 Å². The number of fused-ring (bicyclic) bond motifs is 1. The van der Waals surface area contributed by atoms with Gasteiger partial charge in [-0.15, -0.1) is 0 Å². The maximum Gasteiger partial charge on any atom is 0.255 e. The van der Waals surface area contributed by atoms with Crippen molar-refractivity contribution in [3.8, 4) is 5.75 Å². The third kappa shape index (κ3) is 4.41. The van der Waals surface area contributed by atoms with Crippen molar-refractivity contribution in [3.63, 3.8) is 0 Å². The molecule has 0 saturated heterocycles. The number of anilines is 1. The van der Waals surface area contributed by atoms with E-state index in [1.807, 2.05) is 24.3 Å². The Morgan fingerprint density at radius 2 is 1.39 bits per heavy atom. The molecule has 0 unspecified atom stereocenters. The molecule has 0 spiro atoms. The number of rotatable bonds is 4. The smallest absolute Gasteiger partial charge is 0.255 e. The zero-order valence-corrected chi connectivity index (χ0v) is 18.6. The van der Waals surface area contributed by atoms with Gasteiger partial charge in [-0.1, -0.05) is 70.2 Å². The predicted octanol–water partition coefficient (Wildman–Crippen LogP) is 6.77. The van der Waals surface area contributed by atoms with Crippen LogP contribution in [0.4, 0.5) is 5.69 Å². The van der Waals surface area contributed by atoms with Crippen LogP contribution in [0.2, 0.25) is 0 Å². The molecule has 3 heteroatoms. The van der Waals surface area contributed by atoms with E-state index in [-0.39, 0.29) is 22.5 Å². The van der Waals surface area contributed by atoms with Crippen LogP contribution in [0, 0.1) is 0 Å². The Kier molecular flexibility index (Phi) is 5.22. The van der Waals surface area contributed by atoms with Crippen LogP contribution < -0.4 is 5.32 Å². The second-order valence-corrected chi connectivity index (χ2v) is 9.71. The van der Waals surface area contributed by atoms with E-state index in [1.165, 1.54) is 16.7 Å². The Hall–Kier alpha value is -3.33. The summed E-state index contributed by atoms with van der Waals surface area (Å²) in [5.41, 5.74) is 6.79. The summed E-state index contributed by atoms with van der Waals surface area (Å²) in [7, 11) is 0. The standard InChI is InChI=1S/C28H29NO2/c1-27(2)18-28(3,4)25-17-20(9-16-24(25)27)6-5-19-7-10-21(11-8-19)26(31)29-22-12-14-23(30)15-13-22/h5-17,30H,18H2,1-4H3,(H,29,31). The van der Waals surface area contributed by atoms with Crippen LogP contribution in [0.3, 0.4) is 0 Å². The second-order valence-electron chi connectivity index (χ2n) is 9.71. The summed E-state index contributed by atoms with van der Waals surface area (Å²) in [4.78, 5) is 12.4. The van der Waals surface area contributed by atoms with Crippen LogP contribution in [0.1, 0.15) is 66.7 Å². The largest absolute Gasteiger partial charge is 0.508 e. The fourth-order valence-corrected chi connectivity index (χ4v) is 4.80. The number of nitrogens with one attached hydrogen (secondary N) is 1. The van der Waals surface area contributed by atoms with E-state index < -0.39 is 0 Å². The number of hydrogen-bond donors (Lipinski definition) is 2. The number of aromatic hydroxyl groups is 1. The van der Waals surface area contributed by atoms with Gasteiger partial charge in [0.1, 0.15) is 5.75 Å². The maximum absolute atomic E-state index is 12.4. The molecular formula is C28H29NO2. The van der Waals surface area contributed by atoms with Crippen LogP contribution in [-0.2, 0) is 10.8 Å². The summed E-state index contributed by atoms with van der Waals surface area (Å²) >= 11 is 0. The fraction of sp³-hybridized carbons (Fsp3) is 0.250. The minimum absolute atomic E-state index is 0.171. The van der Waals surface area contributed by atoms with Crippen molar-refractivity contribution in [2.75, 3.05) is 5.32 Å². The van der Waals surface area contributed by atoms with E-state index >= 15 is 0 Å². The third-order valence-electron chi connectivity index (χ3n) is 6.15. The first-order valence-electron chi connectivity index (χ1n) is 10.7. The molecule has 3 aromatic rings. The summed E-state index contributed by atoms with van der Waals surface area (Å²) < 4.78 is 0. The minimum atomic E-state index is -0.176. The molecule has 3 nitrogen and oxygen atoms in total. The molecule has 1 amide bonds. The number of hydrogen-bond acceptors (Lipinski definition) is 2. The molecule has 0 radical (unpaired) electrons. The Bertz CT molecular complexity index is 1140. The summed E-state index contributed by atoms with van der Waals surface area (Å²) in [6.07, 6.45) is 5.37. The summed E-state index contributed by atoms with van der Waals surface area (Å²) in [5, 5.41) is 12.2. The minimum Gasteiger partial charge on any atom is -0.508 e. The lowest BCUT2D eigenvalue weighted by molar-refractivity contribution is 0.102. The first kappa shape index (κ1) is 20.9. The van der Waals surface area contributed by atoms with Gasteiger partial charge in [-0.3, -0.25) is 4.79 Å². The van der Waals surface area contributed by atoms with Crippen LogP contribution in [0.5, 0.6) is 5.75 Å². The molecule has 0 aliphatic heterocycles. The Balaban J connectivity index is 1.47. The van der Waals surface area contributed by atoms with Gasteiger partial charge in [0.05, 0.1) is 0 Å². The molecule has 0 fully saturated rings. The van der Waals surface area contributed by atoms with Gasteiger partial charge in [0.2, 0.25) is 0 Å². The molecule has 1 aliphatic carbocycles. The zero-order chi connectivity index (χ0) is 22.2. The number of carbonyl (C=O) groups excluding carboxylic acids is 1. The highest BCUT2D eigenvalue weighted by Gasteiger charge is 2.41. The van der Waals surface area contributed by atoms with E-state index in [9.17, 15) is 9.90 Å². The van der Waals surface area contributed by atoms with Crippen LogP contribution in [-0.4, -0.2) is 11.0 Å². The number of phenols is 1. The van der Waals surface area contributed by atoms with Crippen molar-refractivity contribution in [2.24, 2.45) is 0 Å². The van der Waals surface area contributed by atoms with Gasteiger partial charge in [-0.2, -0.15) is 0 Å². The van der Waals surface area contributed by atoms with Gasteiger partial charge < -0.3 is 10.4 Å². The fourth-order valence-electron chi connectivity index (χ4n) is 4.80. The molecule has 0 saturated carbocycles. The zero-order valence-electron chi connectivity index (χ0n) is 18.6. The second kappa shape index (κ2) is 7.73. The van der Waals surface area contributed by atoms with Crippen LogP contribution in [0.15, 0.2) is 66.7 Å². The molecule has 3 aromatic carbocycles. The lowest BCUT2D eigenvalue weighted by Crippen LogP contribution is -2.17. The van der Waals surface area contributed by atoms with E-state index in [0.29, 0.717) is 11.3 Å². The first-order chi connectivity index (χ1) is 14.6. The summed E-state index contributed by atoms with van der Waals surface area (Å²) in [6.45, 7) is 9.32. The maximum atomic E-state index is 12.4. The van der Waals surface area contributed by atoms with Gasteiger partial charge in [0.25, 0.3) is 5.91 Å². The predicted molar refractivity (Wildman–Crippen MR) is 129 cm³/mol. The molecule has 2 N–H and O–H groups in total. The Labute approximate surface area is 184 Å². The van der Waals surface area contributed by atoms with Crippen molar-refractivity contribution >= 4 is 23.7 Å². The number of carbonyl (C=O) groups is 1. The number of benzene rings is 3. The van der Waals surface area contributed by atoms with Crippen molar-refractivity contribution in [1.29, 1.82) is 0 Å². The van der Waals surface area contributed by atoms with Gasteiger partial charge >= 0.3 is 0 Å². The monoisotopic (exact) mass is 411 g/mol. The molecule has 158 valence electrons. The average Bonchev–Trinajstić information content (AvgIpc) is 2.92. The van der Waals surface area contributed by atoms with E-state index in [4.69, 9.17) is 0 Å². The highest BCUT2D eigenvalue weighted by molar-refractivity contribution is 6.04. The van der Waals surface area contributed by atoms with Crippen molar-refractivity contribution in [1.82, 2.24) is 0 Å². The molecule has 0 heterocycles. The van der Waals surface area contributed by atoms with Gasteiger partial charge in [-0.05, 0) is 75.9 Å². The normalized spacial score (nSPS) is 16.3. The van der Waals surface area contributed by atoms with Gasteiger partial charge in [0.15, 0.2) is 0 Å². The lowest BCUT2D eigenvalue weighted by Gasteiger charge is -2.22. The number of phenolic OH excluding ortho intramolecular Hbond substituents is 1. The topological polar surface area (TPSA) is 49.3 Å². The summed E-state index contributed by atoms with van der Waals surface area (Å²) in [6, 6.07) is 20.8. The molecule has 1 aliphatic rings. The molecular weight excluding hydrogens is 382 g/mol. The highest BCUT2D eigenvalue weighted by Crippen LogP contribution is 2.49. The molecule has 0 bridgehead atoms. The summed E-state index contributed by atoms with van der Waals surface area (Å²) in [5.74, 6) is -0.00512. The lowest BCUT2D eigenvalue weighted by atomic mass is 9.82. The van der Waals surface area contributed by atoms with Crippen LogP contribution in [0.25, 0.3) is 12.2 Å². The Morgan fingerprint density at radius 3 is 2.06 bits per heavy atom. The molecule has 0 atom stereocenters. The Morgan fingerprint density at radius 1 is 0.806 bits per heavy atom. The van der Waals surface area contributed by atoms with Crippen molar-refractivity contribution in [2.45, 2.75) is 44.9 Å². The average molecular weight is 412 g/mol. The van der Waals surface area contributed by atoms with Crippen molar-refractivity contribution in [3.05, 3.63) is 94.5 Å². The van der Waals surface area contributed by atoms with E-state index in [0.717, 1.165) is 12.0 Å².